The summed E-state index contributed by atoms with van der Waals surface area (Å²) >= 11 is 2.24. The van der Waals surface area contributed by atoms with Gasteiger partial charge in [-0.15, -0.1) is 0 Å². The van der Waals surface area contributed by atoms with Crippen molar-refractivity contribution in [3.05, 3.63) is 27.1 Å². The normalized spacial score (nSPS) is 13.0. The SMILES string of the molecule is Cc1cc(I)c([C@@H](C)NC(=O)OC(C)(C)C)cn1. The van der Waals surface area contributed by atoms with Gasteiger partial charge in [0, 0.05) is 21.0 Å². The Balaban J connectivity index is 2.71. The topological polar surface area (TPSA) is 51.2 Å². The van der Waals surface area contributed by atoms with Gasteiger partial charge in [0.2, 0.25) is 0 Å². The molecule has 0 fully saturated rings. The van der Waals surface area contributed by atoms with Gasteiger partial charge < -0.3 is 10.1 Å². The number of alkyl carbamates (subject to hydrolysis) is 1. The predicted molar refractivity (Wildman–Crippen MR) is 79.5 cm³/mol. The van der Waals surface area contributed by atoms with E-state index in [9.17, 15) is 4.79 Å². The molecular weight excluding hydrogens is 343 g/mol. The number of nitrogens with one attached hydrogen (secondary N) is 1. The maximum absolute atomic E-state index is 11.7. The molecule has 1 N–H and O–H groups in total. The highest BCUT2D eigenvalue weighted by atomic mass is 127. The predicted octanol–water partition coefficient (Wildman–Crippen LogP) is 3.58. The second-order valence-electron chi connectivity index (χ2n) is 5.22. The van der Waals surface area contributed by atoms with Crippen molar-refractivity contribution < 1.29 is 9.53 Å². The van der Waals surface area contributed by atoms with Gasteiger partial charge in [-0.25, -0.2) is 4.79 Å². The number of amides is 1. The lowest BCUT2D eigenvalue weighted by Crippen LogP contribution is -2.34. The first-order valence-electron chi connectivity index (χ1n) is 5.80. The Bertz CT molecular complexity index is 441. The number of carbonyl (C=O) groups excluding carboxylic acids is 1. The van der Waals surface area contributed by atoms with Crippen LogP contribution >= 0.6 is 22.6 Å². The molecule has 0 spiro atoms. The molecule has 5 heteroatoms. The third-order valence-corrected chi connectivity index (χ3v) is 3.15. The molecule has 1 heterocycles. The van der Waals surface area contributed by atoms with Gasteiger partial charge in [-0.1, -0.05) is 0 Å². The second-order valence-corrected chi connectivity index (χ2v) is 6.38. The Kier molecular flexibility index (Phi) is 4.95. The Labute approximate surface area is 122 Å². The third kappa shape index (κ3) is 4.80. The number of hydrogen-bond donors (Lipinski definition) is 1. The van der Waals surface area contributed by atoms with Crippen LogP contribution in [0.2, 0.25) is 0 Å². The molecule has 0 saturated heterocycles. The highest BCUT2D eigenvalue weighted by Gasteiger charge is 2.19. The fourth-order valence-corrected chi connectivity index (χ4v) is 2.47. The van der Waals surface area contributed by atoms with Crippen LogP contribution in [0.5, 0.6) is 0 Å². The Morgan fingerprint density at radius 3 is 2.61 bits per heavy atom. The van der Waals surface area contributed by atoms with Crippen LogP contribution in [0.1, 0.15) is 45.0 Å². The zero-order valence-corrected chi connectivity index (χ0v) is 13.5. The van der Waals surface area contributed by atoms with Crippen LogP contribution < -0.4 is 5.32 Å². The molecule has 18 heavy (non-hydrogen) atoms. The van der Waals surface area contributed by atoms with Crippen LogP contribution in [0.25, 0.3) is 0 Å². The minimum Gasteiger partial charge on any atom is -0.444 e. The molecule has 0 aliphatic rings. The molecule has 0 saturated carbocycles. The van der Waals surface area contributed by atoms with Gasteiger partial charge in [-0.05, 0) is 63.3 Å². The molecule has 0 radical (unpaired) electrons. The number of rotatable bonds is 2. The van der Waals surface area contributed by atoms with E-state index in [2.05, 4.69) is 32.9 Å². The molecule has 1 aromatic rings. The molecule has 1 atom stereocenters. The Morgan fingerprint density at radius 2 is 2.11 bits per heavy atom. The van der Waals surface area contributed by atoms with Crippen LogP contribution in [0.3, 0.4) is 0 Å². The summed E-state index contributed by atoms with van der Waals surface area (Å²) in [4.78, 5) is 15.9. The van der Waals surface area contributed by atoms with E-state index >= 15 is 0 Å². The number of nitrogens with zero attached hydrogens (tertiary/aromatic N) is 1. The summed E-state index contributed by atoms with van der Waals surface area (Å²) in [7, 11) is 0. The fourth-order valence-electron chi connectivity index (χ4n) is 1.42. The Hall–Kier alpha value is -0.850. The molecule has 0 aliphatic carbocycles. The van der Waals surface area contributed by atoms with Crippen molar-refractivity contribution in [1.82, 2.24) is 10.3 Å². The van der Waals surface area contributed by atoms with Crippen molar-refractivity contribution >= 4 is 28.7 Å². The van der Waals surface area contributed by atoms with Gasteiger partial charge in [0.05, 0.1) is 6.04 Å². The minimum absolute atomic E-state index is 0.125. The number of hydrogen-bond acceptors (Lipinski definition) is 3. The van der Waals surface area contributed by atoms with Crippen LogP contribution in [0, 0.1) is 10.5 Å². The fraction of sp³-hybridized carbons (Fsp3) is 0.538. The number of ether oxygens (including phenoxy) is 1. The van der Waals surface area contributed by atoms with Gasteiger partial charge in [-0.3, -0.25) is 4.98 Å². The van der Waals surface area contributed by atoms with E-state index in [0.717, 1.165) is 14.8 Å². The summed E-state index contributed by atoms with van der Waals surface area (Å²) in [6.07, 6.45) is 1.38. The van der Waals surface area contributed by atoms with E-state index in [0.29, 0.717) is 0 Å². The van der Waals surface area contributed by atoms with Crippen molar-refractivity contribution in [2.75, 3.05) is 0 Å². The van der Waals surface area contributed by atoms with Crippen LogP contribution in [-0.2, 0) is 4.74 Å². The van der Waals surface area contributed by atoms with Crippen molar-refractivity contribution in [2.45, 2.75) is 46.3 Å². The van der Waals surface area contributed by atoms with Crippen molar-refractivity contribution in [3.8, 4) is 0 Å². The Morgan fingerprint density at radius 1 is 1.50 bits per heavy atom. The van der Waals surface area contributed by atoms with Crippen LogP contribution in [0.4, 0.5) is 4.79 Å². The van der Waals surface area contributed by atoms with Gasteiger partial charge in [-0.2, -0.15) is 0 Å². The average molecular weight is 362 g/mol. The van der Waals surface area contributed by atoms with Gasteiger partial charge in [0.1, 0.15) is 5.60 Å². The number of carbonyl (C=O) groups is 1. The maximum Gasteiger partial charge on any atom is 0.408 e. The third-order valence-electron chi connectivity index (χ3n) is 2.22. The van der Waals surface area contributed by atoms with E-state index < -0.39 is 11.7 Å². The van der Waals surface area contributed by atoms with E-state index in [4.69, 9.17) is 4.74 Å². The van der Waals surface area contributed by atoms with E-state index in [-0.39, 0.29) is 6.04 Å². The van der Waals surface area contributed by atoms with Crippen LogP contribution in [0.15, 0.2) is 12.3 Å². The molecule has 0 unspecified atom stereocenters. The first kappa shape index (κ1) is 15.2. The largest absolute Gasteiger partial charge is 0.444 e. The lowest BCUT2D eigenvalue weighted by atomic mass is 10.1. The number of aryl methyl sites for hydroxylation is 1. The smallest absolute Gasteiger partial charge is 0.408 e. The molecule has 0 aromatic carbocycles. The van der Waals surface area contributed by atoms with Crippen LogP contribution in [-0.4, -0.2) is 16.7 Å². The molecular formula is C13H19IN2O2. The molecule has 0 aliphatic heterocycles. The van der Waals surface area contributed by atoms with Gasteiger partial charge in [0.25, 0.3) is 0 Å². The monoisotopic (exact) mass is 362 g/mol. The average Bonchev–Trinajstić information content (AvgIpc) is 2.13. The second kappa shape index (κ2) is 5.86. The molecule has 1 amide bonds. The summed E-state index contributed by atoms with van der Waals surface area (Å²) < 4.78 is 6.31. The molecule has 0 bridgehead atoms. The molecule has 100 valence electrons. The zero-order chi connectivity index (χ0) is 13.9. The quantitative estimate of drug-likeness (QED) is 0.819. The standard InChI is InChI=1S/C13H19IN2O2/c1-8-6-11(14)10(7-15-8)9(2)16-12(17)18-13(3,4)5/h6-7,9H,1-5H3,(H,16,17)/t9-/m1/s1. The number of halogens is 1. The van der Waals surface area contributed by atoms with E-state index in [1.807, 2.05) is 40.7 Å². The first-order valence-corrected chi connectivity index (χ1v) is 6.88. The van der Waals surface area contributed by atoms with E-state index in [1.165, 1.54) is 0 Å². The highest BCUT2D eigenvalue weighted by Crippen LogP contribution is 2.20. The first-order chi connectivity index (χ1) is 8.19. The van der Waals surface area contributed by atoms with Crippen molar-refractivity contribution in [1.29, 1.82) is 0 Å². The molecule has 4 nitrogen and oxygen atoms in total. The summed E-state index contributed by atoms with van der Waals surface area (Å²) in [5, 5.41) is 2.81. The van der Waals surface area contributed by atoms with Gasteiger partial charge in [0.15, 0.2) is 0 Å². The maximum atomic E-state index is 11.7. The lowest BCUT2D eigenvalue weighted by molar-refractivity contribution is 0.0507. The van der Waals surface area contributed by atoms with E-state index in [1.54, 1.807) is 6.20 Å². The number of aromatic nitrogens is 1. The highest BCUT2D eigenvalue weighted by molar-refractivity contribution is 14.1. The molecule has 1 rings (SSSR count). The lowest BCUT2D eigenvalue weighted by Gasteiger charge is -2.22. The van der Waals surface area contributed by atoms with Gasteiger partial charge >= 0.3 is 6.09 Å². The summed E-state index contributed by atoms with van der Waals surface area (Å²) in [5.41, 5.74) is 1.47. The summed E-state index contributed by atoms with van der Waals surface area (Å²) in [6.45, 7) is 9.38. The summed E-state index contributed by atoms with van der Waals surface area (Å²) in [6, 6.07) is 1.86. The number of pyridine rings is 1. The zero-order valence-electron chi connectivity index (χ0n) is 11.4. The minimum atomic E-state index is -0.484. The summed E-state index contributed by atoms with van der Waals surface area (Å²) in [5.74, 6) is 0. The molecule has 1 aromatic heterocycles. The van der Waals surface area contributed by atoms with Crippen molar-refractivity contribution in [3.63, 3.8) is 0 Å². The van der Waals surface area contributed by atoms with Crippen molar-refractivity contribution in [2.24, 2.45) is 0 Å².